The van der Waals surface area contributed by atoms with Gasteiger partial charge in [0, 0.05) is 35.7 Å². The number of carbonyl (C=O) groups is 2. The van der Waals surface area contributed by atoms with Crippen molar-refractivity contribution in [1.82, 2.24) is 5.32 Å². The fourth-order valence-corrected chi connectivity index (χ4v) is 2.98. The summed E-state index contributed by atoms with van der Waals surface area (Å²) in [6.07, 6.45) is 0.452. The van der Waals surface area contributed by atoms with Crippen molar-refractivity contribution >= 4 is 29.3 Å². The third-order valence-electron chi connectivity index (χ3n) is 3.31. The molecule has 2 N–H and O–H groups in total. The number of benzene rings is 2. The first-order chi connectivity index (χ1) is 13.1. The maximum Gasteiger partial charge on any atom is 0.221 e. The largest absolute Gasteiger partial charge is 0.481 e. The molecule has 0 heterocycles. The van der Waals surface area contributed by atoms with E-state index in [9.17, 15) is 9.59 Å². The molecule has 0 bridgehead atoms. The van der Waals surface area contributed by atoms with E-state index in [-0.39, 0.29) is 18.4 Å². The SMILES string of the molecule is CC(=O)Nc1cccc(OCC#CCNC(=O)CCSc2ccccc2)c1. The Morgan fingerprint density at radius 2 is 1.89 bits per heavy atom. The summed E-state index contributed by atoms with van der Waals surface area (Å²) in [5.74, 6) is 6.91. The molecule has 5 nitrogen and oxygen atoms in total. The van der Waals surface area contributed by atoms with Crippen molar-refractivity contribution in [3.8, 4) is 17.6 Å². The van der Waals surface area contributed by atoms with Crippen LogP contribution in [0.25, 0.3) is 0 Å². The van der Waals surface area contributed by atoms with Gasteiger partial charge in [0.15, 0.2) is 0 Å². The molecule has 0 fully saturated rings. The van der Waals surface area contributed by atoms with Crippen LogP contribution in [0.5, 0.6) is 5.75 Å². The van der Waals surface area contributed by atoms with E-state index in [0.29, 0.717) is 24.4 Å². The van der Waals surface area contributed by atoms with Crippen molar-refractivity contribution in [2.24, 2.45) is 0 Å². The summed E-state index contributed by atoms with van der Waals surface area (Å²) >= 11 is 1.66. The fraction of sp³-hybridized carbons (Fsp3) is 0.238. The van der Waals surface area contributed by atoms with Gasteiger partial charge >= 0.3 is 0 Å². The highest BCUT2D eigenvalue weighted by Gasteiger charge is 2.00. The predicted molar refractivity (Wildman–Crippen MR) is 109 cm³/mol. The number of ether oxygens (including phenoxy) is 1. The molecule has 0 aromatic heterocycles. The molecule has 2 amide bonds. The van der Waals surface area contributed by atoms with E-state index in [4.69, 9.17) is 4.74 Å². The molecule has 0 aliphatic carbocycles. The van der Waals surface area contributed by atoms with E-state index in [0.717, 1.165) is 10.6 Å². The van der Waals surface area contributed by atoms with Crippen molar-refractivity contribution in [2.45, 2.75) is 18.2 Å². The van der Waals surface area contributed by atoms with Crippen LogP contribution in [-0.2, 0) is 9.59 Å². The van der Waals surface area contributed by atoms with E-state index < -0.39 is 0 Å². The van der Waals surface area contributed by atoms with Gasteiger partial charge in [0.2, 0.25) is 11.8 Å². The van der Waals surface area contributed by atoms with Gasteiger partial charge in [0.25, 0.3) is 0 Å². The van der Waals surface area contributed by atoms with Gasteiger partial charge in [-0.1, -0.05) is 36.1 Å². The average Bonchev–Trinajstić information content (AvgIpc) is 2.65. The van der Waals surface area contributed by atoms with Gasteiger partial charge in [-0.25, -0.2) is 0 Å². The lowest BCUT2D eigenvalue weighted by Gasteiger charge is -2.05. The van der Waals surface area contributed by atoms with Crippen LogP contribution in [0, 0.1) is 11.8 Å². The summed E-state index contributed by atoms with van der Waals surface area (Å²) in [5, 5.41) is 5.46. The predicted octanol–water partition coefficient (Wildman–Crippen LogP) is 3.33. The Hall–Kier alpha value is -2.91. The van der Waals surface area contributed by atoms with Gasteiger partial charge in [-0.2, -0.15) is 0 Å². The molecule has 0 unspecified atom stereocenters. The lowest BCUT2D eigenvalue weighted by molar-refractivity contribution is -0.120. The number of carbonyl (C=O) groups excluding carboxylic acids is 2. The lowest BCUT2D eigenvalue weighted by Crippen LogP contribution is -2.23. The molecule has 0 spiro atoms. The van der Waals surface area contributed by atoms with Gasteiger partial charge in [-0.05, 0) is 24.3 Å². The van der Waals surface area contributed by atoms with E-state index >= 15 is 0 Å². The first-order valence-electron chi connectivity index (χ1n) is 8.54. The van der Waals surface area contributed by atoms with Crippen LogP contribution in [0.3, 0.4) is 0 Å². The quantitative estimate of drug-likeness (QED) is 0.543. The summed E-state index contributed by atoms with van der Waals surface area (Å²) in [6, 6.07) is 17.1. The summed E-state index contributed by atoms with van der Waals surface area (Å²) in [4.78, 5) is 24.0. The molecular formula is C21H22N2O3S. The van der Waals surface area contributed by atoms with Crippen molar-refractivity contribution in [1.29, 1.82) is 0 Å². The second-order valence-electron chi connectivity index (χ2n) is 5.54. The molecule has 2 aromatic rings. The number of anilines is 1. The van der Waals surface area contributed by atoms with Crippen molar-refractivity contribution in [2.75, 3.05) is 24.2 Å². The Morgan fingerprint density at radius 3 is 2.67 bits per heavy atom. The Kier molecular flexibility index (Phi) is 8.81. The van der Waals surface area contributed by atoms with Crippen molar-refractivity contribution < 1.29 is 14.3 Å². The monoisotopic (exact) mass is 382 g/mol. The van der Waals surface area contributed by atoms with Crippen molar-refractivity contribution in [3.63, 3.8) is 0 Å². The second kappa shape index (κ2) is 11.7. The highest BCUT2D eigenvalue weighted by molar-refractivity contribution is 7.99. The van der Waals surface area contributed by atoms with Gasteiger partial charge in [0.1, 0.15) is 12.4 Å². The topological polar surface area (TPSA) is 67.4 Å². The zero-order valence-electron chi connectivity index (χ0n) is 15.2. The fourth-order valence-electron chi connectivity index (χ4n) is 2.11. The Balaban J connectivity index is 1.60. The molecule has 2 rings (SSSR count). The van der Waals surface area contributed by atoms with Crippen LogP contribution in [-0.4, -0.2) is 30.7 Å². The van der Waals surface area contributed by atoms with Gasteiger partial charge in [0.05, 0.1) is 6.54 Å². The Bertz CT molecular complexity index is 813. The van der Waals surface area contributed by atoms with Crippen LogP contribution >= 0.6 is 11.8 Å². The molecule has 0 radical (unpaired) electrons. The molecule has 6 heteroatoms. The van der Waals surface area contributed by atoms with Gasteiger partial charge in [-0.3, -0.25) is 9.59 Å². The number of nitrogens with one attached hydrogen (secondary N) is 2. The smallest absolute Gasteiger partial charge is 0.221 e. The van der Waals surface area contributed by atoms with E-state index in [1.54, 1.807) is 36.0 Å². The second-order valence-corrected chi connectivity index (χ2v) is 6.71. The maximum absolute atomic E-state index is 11.8. The molecule has 27 heavy (non-hydrogen) atoms. The number of hydrogen-bond donors (Lipinski definition) is 2. The van der Waals surface area contributed by atoms with E-state index in [1.807, 2.05) is 30.3 Å². The summed E-state index contributed by atoms with van der Waals surface area (Å²) in [6.45, 7) is 1.96. The first kappa shape index (κ1) is 20.4. The highest BCUT2D eigenvalue weighted by Crippen LogP contribution is 2.18. The molecule has 0 saturated heterocycles. The van der Waals surface area contributed by atoms with Crippen molar-refractivity contribution in [3.05, 3.63) is 54.6 Å². The van der Waals surface area contributed by atoms with Crippen LogP contribution in [0.2, 0.25) is 0 Å². The molecule has 140 valence electrons. The Morgan fingerprint density at radius 1 is 1.07 bits per heavy atom. The zero-order valence-corrected chi connectivity index (χ0v) is 16.0. The van der Waals surface area contributed by atoms with Crippen LogP contribution < -0.4 is 15.4 Å². The molecule has 0 aliphatic heterocycles. The minimum absolute atomic E-state index is 0.0170. The minimum Gasteiger partial charge on any atom is -0.481 e. The molecular weight excluding hydrogens is 360 g/mol. The zero-order chi connectivity index (χ0) is 19.3. The Labute approximate surface area is 163 Å². The van der Waals surface area contributed by atoms with E-state index in [2.05, 4.69) is 22.5 Å². The third-order valence-corrected chi connectivity index (χ3v) is 4.32. The number of amides is 2. The van der Waals surface area contributed by atoms with Crippen LogP contribution in [0.4, 0.5) is 5.69 Å². The van der Waals surface area contributed by atoms with E-state index in [1.165, 1.54) is 6.92 Å². The first-order valence-corrected chi connectivity index (χ1v) is 9.53. The van der Waals surface area contributed by atoms with Crippen LogP contribution in [0.1, 0.15) is 13.3 Å². The highest BCUT2D eigenvalue weighted by atomic mass is 32.2. The summed E-state index contributed by atoms with van der Waals surface area (Å²) in [7, 11) is 0. The van der Waals surface area contributed by atoms with Gasteiger partial charge in [-0.15, -0.1) is 11.8 Å². The standard InChI is InChI=1S/C21H22N2O3S/c1-17(24)23-18-8-7-9-19(16-18)26-14-6-5-13-22-21(25)12-15-27-20-10-3-2-4-11-20/h2-4,7-11,16H,12-15H2,1H3,(H,22,25)(H,23,24). The number of hydrogen-bond acceptors (Lipinski definition) is 4. The normalized spacial score (nSPS) is 9.67. The molecule has 0 aliphatic rings. The average molecular weight is 382 g/mol. The summed E-state index contributed by atoms with van der Waals surface area (Å²) < 4.78 is 5.51. The maximum atomic E-state index is 11.8. The molecule has 2 aromatic carbocycles. The molecule has 0 saturated carbocycles. The summed E-state index contributed by atoms with van der Waals surface area (Å²) in [5.41, 5.74) is 0.675. The van der Waals surface area contributed by atoms with Gasteiger partial charge < -0.3 is 15.4 Å². The number of rotatable bonds is 8. The number of thioether (sulfide) groups is 1. The molecule has 0 atom stereocenters. The van der Waals surface area contributed by atoms with Crippen LogP contribution in [0.15, 0.2) is 59.5 Å². The lowest BCUT2D eigenvalue weighted by atomic mass is 10.3. The minimum atomic E-state index is -0.134. The third kappa shape index (κ3) is 8.84.